The van der Waals surface area contributed by atoms with Crippen LogP contribution >= 0.6 is 0 Å². The zero-order valence-corrected chi connectivity index (χ0v) is 9.36. The van der Waals surface area contributed by atoms with Gasteiger partial charge in [0.1, 0.15) is 11.9 Å². The van der Waals surface area contributed by atoms with Crippen molar-refractivity contribution in [3.05, 3.63) is 24.2 Å². The first-order valence-corrected chi connectivity index (χ1v) is 6.02. The Morgan fingerprint density at radius 1 is 1.53 bits per heavy atom. The second-order valence-corrected chi connectivity index (χ2v) is 4.66. The van der Waals surface area contributed by atoms with Crippen LogP contribution in [0.15, 0.2) is 22.8 Å². The zero-order chi connectivity index (χ0) is 10.7. The van der Waals surface area contributed by atoms with Gasteiger partial charge in [-0.2, -0.15) is 0 Å². The number of rotatable bonds is 3. The van der Waals surface area contributed by atoms with Crippen LogP contribution in [-0.2, 0) is 0 Å². The van der Waals surface area contributed by atoms with Crippen molar-refractivity contribution >= 4 is 0 Å². The van der Waals surface area contributed by atoms with Crippen molar-refractivity contribution in [2.24, 2.45) is 11.8 Å². The highest BCUT2D eigenvalue weighted by molar-refractivity contribution is 5.03. The van der Waals surface area contributed by atoms with E-state index < -0.39 is 6.10 Å². The van der Waals surface area contributed by atoms with Crippen molar-refractivity contribution in [2.45, 2.75) is 45.1 Å². The molecular formula is C13H20O2. The molecule has 3 unspecified atom stereocenters. The van der Waals surface area contributed by atoms with Crippen LogP contribution in [0.5, 0.6) is 0 Å². The topological polar surface area (TPSA) is 33.4 Å². The standard InChI is InChI=1S/C13H20O2/c1-2-10-5-3-6-11(9-10)13(14)12-7-4-8-15-12/h4,7-8,10-11,13-14H,2-3,5-6,9H2,1H3. The summed E-state index contributed by atoms with van der Waals surface area (Å²) in [5, 5.41) is 10.2. The predicted molar refractivity (Wildman–Crippen MR) is 59.4 cm³/mol. The Balaban J connectivity index is 1.98. The van der Waals surface area contributed by atoms with Gasteiger partial charge in [0.25, 0.3) is 0 Å². The molecule has 1 fully saturated rings. The summed E-state index contributed by atoms with van der Waals surface area (Å²) in [5.74, 6) is 1.93. The van der Waals surface area contributed by atoms with Crippen LogP contribution in [0.2, 0.25) is 0 Å². The van der Waals surface area contributed by atoms with Gasteiger partial charge in [-0.1, -0.05) is 26.2 Å². The average Bonchev–Trinajstić information content (AvgIpc) is 2.81. The lowest BCUT2D eigenvalue weighted by Crippen LogP contribution is -2.20. The van der Waals surface area contributed by atoms with Gasteiger partial charge in [0, 0.05) is 0 Å². The van der Waals surface area contributed by atoms with Crippen LogP contribution in [0, 0.1) is 11.8 Å². The van der Waals surface area contributed by atoms with E-state index >= 15 is 0 Å². The molecule has 1 aromatic heterocycles. The third-order valence-electron chi connectivity index (χ3n) is 3.68. The minimum absolute atomic E-state index is 0.394. The summed E-state index contributed by atoms with van der Waals surface area (Å²) >= 11 is 0. The molecule has 0 aromatic carbocycles. The van der Waals surface area contributed by atoms with Crippen LogP contribution in [0.3, 0.4) is 0 Å². The minimum atomic E-state index is -0.394. The summed E-state index contributed by atoms with van der Waals surface area (Å²) in [5.41, 5.74) is 0. The maximum absolute atomic E-state index is 10.2. The van der Waals surface area contributed by atoms with E-state index in [0.717, 1.165) is 24.5 Å². The van der Waals surface area contributed by atoms with E-state index in [2.05, 4.69) is 6.92 Å². The number of aliphatic hydroxyl groups is 1. The third kappa shape index (κ3) is 2.43. The molecule has 1 aliphatic carbocycles. The molecule has 15 heavy (non-hydrogen) atoms. The highest BCUT2D eigenvalue weighted by atomic mass is 16.4. The molecule has 0 radical (unpaired) electrons. The van der Waals surface area contributed by atoms with Crippen LogP contribution in [0.25, 0.3) is 0 Å². The summed E-state index contributed by atoms with van der Waals surface area (Å²) < 4.78 is 5.27. The van der Waals surface area contributed by atoms with Gasteiger partial charge in [0.05, 0.1) is 6.26 Å². The molecular weight excluding hydrogens is 188 g/mol. The summed E-state index contributed by atoms with van der Waals surface area (Å²) in [6.45, 7) is 2.24. The summed E-state index contributed by atoms with van der Waals surface area (Å²) in [4.78, 5) is 0. The van der Waals surface area contributed by atoms with E-state index in [-0.39, 0.29) is 0 Å². The Labute approximate surface area is 91.3 Å². The lowest BCUT2D eigenvalue weighted by atomic mass is 9.77. The highest BCUT2D eigenvalue weighted by Gasteiger charge is 2.28. The van der Waals surface area contributed by atoms with E-state index in [1.807, 2.05) is 12.1 Å². The Hall–Kier alpha value is -0.760. The average molecular weight is 208 g/mol. The maximum atomic E-state index is 10.2. The SMILES string of the molecule is CCC1CCCC(C(O)c2ccco2)C1. The lowest BCUT2D eigenvalue weighted by Gasteiger charge is -2.30. The van der Waals surface area contributed by atoms with E-state index in [0.29, 0.717) is 5.92 Å². The van der Waals surface area contributed by atoms with E-state index in [4.69, 9.17) is 4.42 Å². The van der Waals surface area contributed by atoms with Gasteiger partial charge in [-0.3, -0.25) is 0 Å². The van der Waals surface area contributed by atoms with Crippen LogP contribution in [0.4, 0.5) is 0 Å². The number of hydrogen-bond acceptors (Lipinski definition) is 2. The number of hydrogen-bond donors (Lipinski definition) is 1. The Morgan fingerprint density at radius 3 is 3.07 bits per heavy atom. The molecule has 3 atom stereocenters. The van der Waals surface area contributed by atoms with E-state index in [1.165, 1.54) is 19.3 Å². The maximum Gasteiger partial charge on any atom is 0.132 e. The molecule has 0 amide bonds. The highest BCUT2D eigenvalue weighted by Crippen LogP contribution is 2.38. The van der Waals surface area contributed by atoms with Crippen LogP contribution in [0.1, 0.15) is 50.9 Å². The monoisotopic (exact) mass is 208 g/mol. The fraction of sp³-hybridized carbons (Fsp3) is 0.692. The molecule has 0 bridgehead atoms. The molecule has 1 N–H and O–H groups in total. The van der Waals surface area contributed by atoms with Gasteiger partial charge >= 0.3 is 0 Å². The number of aliphatic hydroxyl groups excluding tert-OH is 1. The second kappa shape index (κ2) is 4.84. The molecule has 0 aliphatic heterocycles. The Bertz CT molecular complexity index is 279. The molecule has 2 heteroatoms. The van der Waals surface area contributed by atoms with Crippen molar-refractivity contribution in [1.29, 1.82) is 0 Å². The molecule has 2 nitrogen and oxygen atoms in total. The Morgan fingerprint density at radius 2 is 2.40 bits per heavy atom. The molecule has 1 heterocycles. The molecule has 1 saturated carbocycles. The zero-order valence-electron chi connectivity index (χ0n) is 9.36. The van der Waals surface area contributed by atoms with Crippen molar-refractivity contribution in [2.75, 3.05) is 0 Å². The van der Waals surface area contributed by atoms with Gasteiger partial charge < -0.3 is 9.52 Å². The van der Waals surface area contributed by atoms with Crippen molar-refractivity contribution in [1.82, 2.24) is 0 Å². The third-order valence-corrected chi connectivity index (χ3v) is 3.68. The molecule has 1 aliphatic rings. The van der Waals surface area contributed by atoms with Crippen LogP contribution < -0.4 is 0 Å². The van der Waals surface area contributed by atoms with Gasteiger partial charge in [-0.25, -0.2) is 0 Å². The van der Waals surface area contributed by atoms with Crippen molar-refractivity contribution in [3.8, 4) is 0 Å². The quantitative estimate of drug-likeness (QED) is 0.824. The van der Waals surface area contributed by atoms with Gasteiger partial charge in [-0.15, -0.1) is 0 Å². The van der Waals surface area contributed by atoms with Gasteiger partial charge in [-0.05, 0) is 36.8 Å². The molecule has 84 valence electrons. The lowest BCUT2D eigenvalue weighted by molar-refractivity contribution is 0.0507. The fourth-order valence-corrected chi connectivity index (χ4v) is 2.68. The minimum Gasteiger partial charge on any atom is -0.467 e. The normalized spacial score (nSPS) is 28.9. The van der Waals surface area contributed by atoms with Crippen molar-refractivity contribution < 1.29 is 9.52 Å². The van der Waals surface area contributed by atoms with E-state index in [1.54, 1.807) is 6.26 Å². The fourth-order valence-electron chi connectivity index (χ4n) is 2.68. The summed E-state index contributed by atoms with van der Waals surface area (Å²) in [6.07, 6.45) is 7.35. The first kappa shape index (κ1) is 10.7. The first-order valence-electron chi connectivity index (χ1n) is 6.02. The van der Waals surface area contributed by atoms with E-state index in [9.17, 15) is 5.11 Å². The predicted octanol–water partition coefficient (Wildman–Crippen LogP) is 3.53. The second-order valence-electron chi connectivity index (χ2n) is 4.66. The Kier molecular flexibility index (Phi) is 3.47. The van der Waals surface area contributed by atoms with Gasteiger partial charge in [0.15, 0.2) is 0 Å². The molecule has 1 aromatic rings. The summed E-state index contributed by atoms with van der Waals surface area (Å²) in [7, 11) is 0. The largest absolute Gasteiger partial charge is 0.467 e. The number of furan rings is 1. The summed E-state index contributed by atoms with van der Waals surface area (Å²) in [6, 6.07) is 3.72. The van der Waals surface area contributed by atoms with Gasteiger partial charge in [0.2, 0.25) is 0 Å². The van der Waals surface area contributed by atoms with Crippen LogP contribution in [-0.4, -0.2) is 5.11 Å². The molecule has 0 spiro atoms. The molecule has 2 rings (SSSR count). The first-order chi connectivity index (χ1) is 7.31. The smallest absolute Gasteiger partial charge is 0.132 e. The van der Waals surface area contributed by atoms with Crippen molar-refractivity contribution in [3.63, 3.8) is 0 Å². The molecule has 0 saturated heterocycles.